The van der Waals surface area contributed by atoms with E-state index in [1.807, 2.05) is 36.4 Å². The number of aromatic nitrogens is 2. The molecule has 0 radical (unpaired) electrons. The first-order chi connectivity index (χ1) is 15.0. The molecule has 1 aromatic heterocycles. The quantitative estimate of drug-likeness (QED) is 0.568. The molecule has 0 saturated heterocycles. The molecule has 8 heteroatoms. The second kappa shape index (κ2) is 10.4. The number of hydrogen-bond donors (Lipinski definition) is 1. The number of hydrogen-bond acceptors (Lipinski definition) is 5. The summed E-state index contributed by atoms with van der Waals surface area (Å²) < 4.78 is 11.4. The second-order valence-electron chi connectivity index (χ2n) is 6.46. The minimum absolute atomic E-state index is 0.0826. The van der Waals surface area contributed by atoms with Gasteiger partial charge in [0, 0.05) is 10.6 Å². The Balaban J connectivity index is 1.94. The maximum atomic E-state index is 12.8. The zero-order chi connectivity index (χ0) is 22.2. The first-order valence-electron chi connectivity index (χ1n) is 9.62. The molecule has 0 aliphatic heterocycles. The van der Waals surface area contributed by atoms with Crippen LogP contribution in [0.5, 0.6) is 5.75 Å². The Morgan fingerprint density at radius 3 is 2.52 bits per heavy atom. The zero-order valence-electron chi connectivity index (χ0n) is 17.2. The maximum absolute atomic E-state index is 12.8. The van der Waals surface area contributed by atoms with Crippen molar-refractivity contribution in [2.45, 2.75) is 13.5 Å². The number of carbonyl (C=O) groups excluding carboxylic acids is 1. The Morgan fingerprint density at radius 1 is 1.16 bits per heavy atom. The fourth-order valence-electron chi connectivity index (χ4n) is 2.80. The van der Waals surface area contributed by atoms with E-state index in [1.165, 1.54) is 10.7 Å². The van der Waals surface area contributed by atoms with E-state index in [-0.39, 0.29) is 18.8 Å². The molecule has 3 rings (SSSR count). The number of methoxy groups -OCH3 is 1. The summed E-state index contributed by atoms with van der Waals surface area (Å²) in [5.41, 5.74) is 1.87. The lowest BCUT2D eigenvalue weighted by Gasteiger charge is -2.11. The van der Waals surface area contributed by atoms with Crippen molar-refractivity contribution < 1.29 is 14.3 Å². The van der Waals surface area contributed by atoms with Gasteiger partial charge in [0.2, 0.25) is 0 Å². The summed E-state index contributed by atoms with van der Waals surface area (Å²) in [4.78, 5) is 24.7. The van der Waals surface area contributed by atoms with Crippen LogP contribution in [-0.4, -0.2) is 29.6 Å². The summed E-state index contributed by atoms with van der Waals surface area (Å²) in [6, 6.07) is 16.1. The molecule has 0 saturated carbocycles. The molecule has 31 heavy (non-hydrogen) atoms. The number of carbonyl (C=O) groups is 1. The number of ether oxygens (including phenoxy) is 2. The number of anilines is 1. The highest BCUT2D eigenvalue weighted by Gasteiger charge is 2.13. The number of nitrogens with one attached hydrogen (secondary N) is 1. The lowest BCUT2D eigenvalue weighted by Crippen LogP contribution is -2.28. The predicted octanol–water partition coefficient (Wildman–Crippen LogP) is 4.85. The minimum atomic E-state index is -0.699. The average Bonchev–Trinajstić information content (AvgIpc) is 2.77. The van der Waals surface area contributed by atoms with E-state index in [9.17, 15) is 9.59 Å². The Bertz CT molecular complexity index is 1120. The van der Waals surface area contributed by atoms with Gasteiger partial charge < -0.3 is 9.47 Å². The number of nitrogens with zero attached hydrogens (tertiary/aromatic N) is 2. The van der Waals surface area contributed by atoms with Crippen LogP contribution in [0.1, 0.15) is 12.5 Å². The molecule has 0 bridgehead atoms. The Labute approximate surface area is 184 Å². The average molecular weight is 440 g/mol. The SMILES string of the molecule is CCOC(=O)Nc1cc(-c2ccc(OC)cc2)nn(C/C=C/c2ccc(Cl)cc2)c1=O. The monoisotopic (exact) mass is 439 g/mol. The van der Waals surface area contributed by atoms with Gasteiger partial charge in [0.25, 0.3) is 5.56 Å². The van der Waals surface area contributed by atoms with E-state index in [2.05, 4.69) is 10.4 Å². The molecule has 2 aromatic carbocycles. The van der Waals surface area contributed by atoms with Crippen molar-refractivity contribution in [3.63, 3.8) is 0 Å². The van der Waals surface area contributed by atoms with Gasteiger partial charge in [-0.1, -0.05) is 35.9 Å². The van der Waals surface area contributed by atoms with Crippen molar-refractivity contribution in [3.05, 3.63) is 81.6 Å². The second-order valence-corrected chi connectivity index (χ2v) is 6.89. The lowest BCUT2D eigenvalue weighted by atomic mass is 10.1. The summed E-state index contributed by atoms with van der Waals surface area (Å²) in [6.45, 7) is 2.10. The van der Waals surface area contributed by atoms with Gasteiger partial charge >= 0.3 is 6.09 Å². The first kappa shape index (κ1) is 22.1. The van der Waals surface area contributed by atoms with Crippen LogP contribution in [0.25, 0.3) is 17.3 Å². The highest BCUT2D eigenvalue weighted by molar-refractivity contribution is 6.30. The molecule has 0 unspecified atom stereocenters. The van der Waals surface area contributed by atoms with Crippen LogP contribution in [0, 0.1) is 0 Å². The van der Waals surface area contributed by atoms with Crippen LogP contribution in [0.15, 0.2) is 65.5 Å². The van der Waals surface area contributed by atoms with Gasteiger partial charge in [-0.3, -0.25) is 10.1 Å². The molecule has 1 heterocycles. The first-order valence-corrected chi connectivity index (χ1v) is 10.0. The largest absolute Gasteiger partial charge is 0.497 e. The number of benzene rings is 2. The molecule has 0 fully saturated rings. The summed E-state index contributed by atoms with van der Waals surface area (Å²) >= 11 is 5.91. The number of amides is 1. The molecular weight excluding hydrogens is 418 g/mol. The van der Waals surface area contributed by atoms with E-state index in [0.29, 0.717) is 16.5 Å². The van der Waals surface area contributed by atoms with Gasteiger partial charge in [0.15, 0.2) is 0 Å². The smallest absolute Gasteiger partial charge is 0.411 e. The predicted molar refractivity (Wildman–Crippen MR) is 122 cm³/mol. The van der Waals surface area contributed by atoms with Crippen LogP contribution in [0.4, 0.5) is 10.5 Å². The van der Waals surface area contributed by atoms with E-state index in [1.54, 1.807) is 38.3 Å². The van der Waals surface area contributed by atoms with E-state index in [0.717, 1.165) is 11.1 Å². The molecule has 1 amide bonds. The molecule has 1 N–H and O–H groups in total. The van der Waals surface area contributed by atoms with Crippen molar-refractivity contribution in [2.75, 3.05) is 19.0 Å². The van der Waals surface area contributed by atoms with Crippen molar-refractivity contribution in [2.24, 2.45) is 0 Å². The highest BCUT2D eigenvalue weighted by atomic mass is 35.5. The van der Waals surface area contributed by atoms with Crippen molar-refractivity contribution in [1.82, 2.24) is 9.78 Å². The normalized spacial score (nSPS) is 10.8. The summed E-state index contributed by atoms with van der Waals surface area (Å²) in [5, 5.41) is 7.61. The Kier molecular flexibility index (Phi) is 7.45. The van der Waals surface area contributed by atoms with Crippen molar-refractivity contribution >= 4 is 29.5 Å². The van der Waals surface area contributed by atoms with E-state index in [4.69, 9.17) is 21.1 Å². The van der Waals surface area contributed by atoms with Gasteiger partial charge in [-0.05, 0) is 55.0 Å². The van der Waals surface area contributed by atoms with Crippen LogP contribution in [0.3, 0.4) is 0 Å². The Morgan fingerprint density at radius 2 is 1.87 bits per heavy atom. The zero-order valence-corrected chi connectivity index (χ0v) is 17.9. The van der Waals surface area contributed by atoms with Crippen molar-refractivity contribution in [1.29, 1.82) is 0 Å². The third-order valence-electron chi connectivity index (χ3n) is 4.33. The number of halogens is 1. The van der Waals surface area contributed by atoms with Crippen LogP contribution >= 0.6 is 11.6 Å². The maximum Gasteiger partial charge on any atom is 0.411 e. The molecule has 0 aliphatic rings. The molecule has 160 valence electrons. The minimum Gasteiger partial charge on any atom is -0.497 e. The van der Waals surface area contributed by atoms with Gasteiger partial charge in [0.05, 0.1) is 26.0 Å². The van der Waals surface area contributed by atoms with E-state index >= 15 is 0 Å². The van der Waals surface area contributed by atoms with Crippen molar-refractivity contribution in [3.8, 4) is 17.0 Å². The van der Waals surface area contributed by atoms with Crippen LogP contribution < -0.4 is 15.6 Å². The highest BCUT2D eigenvalue weighted by Crippen LogP contribution is 2.21. The third-order valence-corrected chi connectivity index (χ3v) is 4.58. The molecule has 0 atom stereocenters. The van der Waals surface area contributed by atoms with Gasteiger partial charge in [0.1, 0.15) is 11.4 Å². The van der Waals surface area contributed by atoms with Crippen LogP contribution in [0.2, 0.25) is 5.02 Å². The topological polar surface area (TPSA) is 82.4 Å². The van der Waals surface area contributed by atoms with Crippen LogP contribution in [-0.2, 0) is 11.3 Å². The molecule has 0 aliphatic carbocycles. The van der Waals surface area contributed by atoms with Gasteiger partial charge in [-0.25, -0.2) is 9.48 Å². The summed E-state index contributed by atoms with van der Waals surface area (Å²) in [7, 11) is 1.59. The van der Waals surface area contributed by atoms with E-state index < -0.39 is 11.7 Å². The molecule has 3 aromatic rings. The lowest BCUT2D eigenvalue weighted by molar-refractivity contribution is 0.168. The molecule has 0 spiro atoms. The molecular formula is C23H22ClN3O4. The third kappa shape index (κ3) is 5.96. The fraction of sp³-hybridized carbons (Fsp3) is 0.174. The summed E-state index contributed by atoms with van der Waals surface area (Å²) in [5.74, 6) is 0.702. The summed E-state index contributed by atoms with van der Waals surface area (Å²) in [6.07, 6.45) is 2.97. The number of allylic oxidation sites excluding steroid dienone is 1. The Hall–Kier alpha value is -3.58. The fourth-order valence-corrected chi connectivity index (χ4v) is 2.92. The van der Waals surface area contributed by atoms with Gasteiger partial charge in [-0.15, -0.1) is 0 Å². The number of rotatable bonds is 7. The molecule has 7 nitrogen and oxygen atoms in total. The standard InChI is InChI=1S/C23H22ClN3O4/c1-3-31-23(29)25-21-15-20(17-8-12-19(30-2)13-9-17)26-27(22(21)28)14-4-5-16-6-10-18(24)11-7-16/h4-13,15H,3,14H2,1-2H3,(H,25,29)/b5-4+. The van der Waals surface area contributed by atoms with Gasteiger partial charge in [-0.2, -0.15) is 5.10 Å².